The Morgan fingerprint density at radius 3 is 2.35 bits per heavy atom. The molecule has 2 aliphatic carbocycles. The number of nitrogens with one attached hydrogen (secondary N) is 1. The maximum Gasteiger partial charge on any atom is 0.265 e. The Balaban J connectivity index is 1.31. The largest absolute Gasteiger partial charge is 0.364 e. The molecule has 4 rings (SSSR count). The summed E-state index contributed by atoms with van der Waals surface area (Å²) in [5.74, 6) is 0.875. The second kappa shape index (κ2) is 8.94. The van der Waals surface area contributed by atoms with Crippen LogP contribution < -0.4 is 11.1 Å². The second-order valence-corrected chi connectivity index (χ2v) is 11.5. The highest BCUT2D eigenvalue weighted by molar-refractivity contribution is 7.89. The average molecular weight is 451 g/mol. The quantitative estimate of drug-likeness (QED) is 0.714. The Bertz CT molecular complexity index is 933. The summed E-state index contributed by atoms with van der Waals surface area (Å²) in [5.41, 5.74) is 5.45. The summed E-state index contributed by atoms with van der Waals surface area (Å²) in [6, 6.07) is 1.59. The normalized spacial score (nSPS) is 28.1. The van der Waals surface area contributed by atoms with Gasteiger partial charge in [-0.05, 0) is 50.0 Å². The number of aryl methyl sites for hydroxylation is 1. The highest BCUT2D eigenvalue weighted by Crippen LogP contribution is 2.40. The number of rotatable bonds is 5. The molecule has 1 aromatic rings. The topological polar surface area (TPSA) is 114 Å². The van der Waals surface area contributed by atoms with E-state index in [2.05, 4.69) is 5.32 Å². The number of carbonyl (C=O) groups is 2. The van der Waals surface area contributed by atoms with Gasteiger partial charge in [-0.15, -0.1) is 0 Å². The van der Waals surface area contributed by atoms with Crippen LogP contribution in [0.15, 0.2) is 17.2 Å². The van der Waals surface area contributed by atoms with E-state index in [4.69, 9.17) is 5.73 Å². The van der Waals surface area contributed by atoms with Crippen molar-refractivity contribution < 1.29 is 18.0 Å². The number of carbonyl (C=O) groups excluding carboxylic acids is 2. The lowest BCUT2D eigenvalue weighted by molar-refractivity contribution is -0.127. The third kappa shape index (κ3) is 4.67. The van der Waals surface area contributed by atoms with Crippen molar-refractivity contribution in [1.82, 2.24) is 14.2 Å². The standard InChI is InChI=1S/C22H34N4O4S/c1-25-14-19(13-20(25)21(23)27)31(29,30)26-10-8-16(9-11-26)22(28)24-18-7-6-15-4-2-3-5-17(15)12-18/h13-18H,2-12H2,1H3,(H2,23,27)(H,24,28)/t15-,17-,18+/m0/s1. The molecule has 3 aliphatic rings. The molecule has 172 valence electrons. The first-order valence-corrected chi connectivity index (χ1v) is 13.0. The zero-order valence-electron chi connectivity index (χ0n) is 18.3. The number of hydrogen-bond acceptors (Lipinski definition) is 4. The molecular weight excluding hydrogens is 416 g/mol. The molecule has 2 heterocycles. The maximum atomic E-state index is 13.0. The van der Waals surface area contributed by atoms with E-state index < -0.39 is 15.9 Å². The van der Waals surface area contributed by atoms with E-state index in [0.29, 0.717) is 25.9 Å². The van der Waals surface area contributed by atoms with Gasteiger partial charge in [-0.25, -0.2) is 8.42 Å². The van der Waals surface area contributed by atoms with Gasteiger partial charge < -0.3 is 15.6 Å². The molecular formula is C22H34N4O4S. The summed E-state index contributed by atoms with van der Waals surface area (Å²) in [5, 5.41) is 3.27. The lowest BCUT2D eigenvalue weighted by Crippen LogP contribution is -2.47. The van der Waals surface area contributed by atoms with Crippen molar-refractivity contribution in [3.63, 3.8) is 0 Å². The predicted molar refractivity (Wildman–Crippen MR) is 117 cm³/mol. The molecule has 1 aromatic heterocycles. The minimum atomic E-state index is -3.71. The third-order valence-corrected chi connectivity index (χ3v) is 9.44. The van der Waals surface area contributed by atoms with Crippen LogP contribution in [0.3, 0.4) is 0 Å². The van der Waals surface area contributed by atoms with Crippen LogP contribution in [-0.4, -0.2) is 48.2 Å². The second-order valence-electron chi connectivity index (χ2n) is 9.54. The van der Waals surface area contributed by atoms with Crippen molar-refractivity contribution >= 4 is 21.8 Å². The van der Waals surface area contributed by atoms with Crippen molar-refractivity contribution in [1.29, 1.82) is 0 Å². The van der Waals surface area contributed by atoms with Crippen LogP contribution in [0.4, 0.5) is 0 Å². The van der Waals surface area contributed by atoms with Crippen molar-refractivity contribution in [2.75, 3.05) is 13.1 Å². The van der Waals surface area contributed by atoms with Gasteiger partial charge in [-0.2, -0.15) is 4.31 Å². The van der Waals surface area contributed by atoms with Gasteiger partial charge in [0.2, 0.25) is 15.9 Å². The van der Waals surface area contributed by atoms with Gasteiger partial charge >= 0.3 is 0 Å². The molecule has 2 saturated carbocycles. The molecule has 0 unspecified atom stereocenters. The molecule has 31 heavy (non-hydrogen) atoms. The lowest BCUT2D eigenvalue weighted by atomic mass is 9.69. The molecule has 3 fully saturated rings. The van der Waals surface area contributed by atoms with Crippen LogP contribution in [-0.2, 0) is 21.9 Å². The van der Waals surface area contributed by atoms with E-state index in [1.165, 1.54) is 53.2 Å². The molecule has 2 amide bonds. The molecule has 3 atom stereocenters. The van der Waals surface area contributed by atoms with E-state index in [9.17, 15) is 18.0 Å². The van der Waals surface area contributed by atoms with Crippen molar-refractivity contribution in [2.45, 2.75) is 68.7 Å². The zero-order chi connectivity index (χ0) is 22.2. The minimum absolute atomic E-state index is 0.0657. The van der Waals surface area contributed by atoms with E-state index in [-0.39, 0.29) is 28.5 Å². The Morgan fingerprint density at radius 2 is 1.71 bits per heavy atom. The van der Waals surface area contributed by atoms with Crippen LogP contribution in [0.2, 0.25) is 0 Å². The number of hydrogen-bond donors (Lipinski definition) is 2. The molecule has 0 bridgehead atoms. The van der Waals surface area contributed by atoms with Gasteiger partial charge in [0, 0.05) is 38.3 Å². The number of fused-ring (bicyclic) bond motifs is 1. The summed E-state index contributed by atoms with van der Waals surface area (Å²) in [4.78, 5) is 24.4. The SMILES string of the molecule is Cn1cc(S(=O)(=O)N2CCC(C(=O)N[C@@H]3CC[C@@H]4CCCC[C@H]4C3)CC2)cc1C(N)=O. The highest BCUT2D eigenvalue weighted by Gasteiger charge is 2.36. The van der Waals surface area contributed by atoms with E-state index >= 15 is 0 Å². The number of nitrogens with two attached hydrogens (primary N) is 1. The highest BCUT2D eigenvalue weighted by atomic mass is 32.2. The summed E-state index contributed by atoms with van der Waals surface area (Å²) >= 11 is 0. The van der Waals surface area contributed by atoms with Crippen molar-refractivity contribution in [3.05, 3.63) is 18.0 Å². The fourth-order valence-electron chi connectivity index (χ4n) is 5.75. The third-order valence-electron chi connectivity index (χ3n) is 7.58. The lowest BCUT2D eigenvalue weighted by Gasteiger charge is -2.40. The molecule has 9 heteroatoms. The summed E-state index contributed by atoms with van der Waals surface area (Å²) < 4.78 is 28.8. The molecule has 1 saturated heterocycles. The van der Waals surface area contributed by atoms with Crippen LogP contribution >= 0.6 is 0 Å². The molecule has 0 radical (unpaired) electrons. The van der Waals surface area contributed by atoms with E-state index in [1.54, 1.807) is 7.05 Å². The minimum Gasteiger partial charge on any atom is -0.364 e. The molecule has 8 nitrogen and oxygen atoms in total. The summed E-state index contributed by atoms with van der Waals surface area (Å²) in [7, 11) is -2.12. The van der Waals surface area contributed by atoms with Crippen LogP contribution in [0.1, 0.15) is 68.3 Å². The smallest absolute Gasteiger partial charge is 0.265 e. The molecule has 1 aliphatic heterocycles. The van der Waals surface area contributed by atoms with Gasteiger partial charge in [0.1, 0.15) is 10.6 Å². The van der Waals surface area contributed by atoms with Gasteiger partial charge in [-0.3, -0.25) is 9.59 Å². The van der Waals surface area contributed by atoms with Gasteiger partial charge in [0.05, 0.1) is 0 Å². The fraction of sp³-hybridized carbons (Fsp3) is 0.727. The van der Waals surface area contributed by atoms with Crippen molar-refractivity contribution in [3.8, 4) is 0 Å². The number of primary amides is 1. The number of sulfonamides is 1. The fourth-order valence-corrected chi connectivity index (χ4v) is 7.29. The number of piperidine rings is 1. The van der Waals surface area contributed by atoms with Crippen LogP contribution in [0.5, 0.6) is 0 Å². The average Bonchev–Trinajstić information content (AvgIpc) is 3.16. The van der Waals surface area contributed by atoms with Crippen LogP contribution in [0.25, 0.3) is 0 Å². The summed E-state index contributed by atoms with van der Waals surface area (Å²) in [6.45, 7) is 0.604. The summed E-state index contributed by atoms with van der Waals surface area (Å²) in [6.07, 6.45) is 11.1. The molecule has 0 spiro atoms. The van der Waals surface area contributed by atoms with Crippen LogP contribution in [0, 0.1) is 17.8 Å². The van der Waals surface area contributed by atoms with E-state index in [0.717, 1.165) is 24.7 Å². The monoisotopic (exact) mass is 450 g/mol. The number of aromatic nitrogens is 1. The van der Waals surface area contributed by atoms with Gasteiger partial charge in [0.25, 0.3) is 5.91 Å². The van der Waals surface area contributed by atoms with Gasteiger partial charge in [-0.1, -0.05) is 25.7 Å². The van der Waals surface area contributed by atoms with Gasteiger partial charge in [0.15, 0.2) is 0 Å². The predicted octanol–water partition coefficient (Wildman–Crippen LogP) is 2.00. The molecule has 3 N–H and O–H groups in total. The van der Waals surface area contributed by atoms with E-state index in [1.807, 2.05) is 0 Å². The maximum absolute atomic E-state index is 13.0. The number of amides is 2. The van der Waals surface area contributed by atoms with Crippen molar-refractivity contribution in [2.24, 2.45) is 30.5 Å². The Kier molecular flexibility index (Phi) is 6.44. The Hall–Kier alpha value is -1.87. The zero-order valence-corrected chi connectivity index (χ0v) is 19.1. The first kappa shape index (κ1) is 22.3. The number of nitrogens with zero attached hydrogens (tertiary/aromatic N) is 2. The Labute approximate surface area is 184 Å². The Morgan fingerprint density at radius 1 is 1.03 bits per heavy atom. The first-order chi connectivity index (χ1) is 14.8. The molecule has 0 aromatic carbocycles. The first-order valence-electron chi connectivity index (χ1n) is 11.5.